The van der Waals surface area contributed by atoms with Crippen molar-refractivity contribution in [3.8, 4) is 0 Å². The lowest BCUT2D eigenvalue weighted by Gasteiger charge is -2.11. The van der Waals surface area contributed by atoms with Gasteiger partial charge in [-0.05, 0) is 24.1 Å². The van der Waals surface area contributed by atoms with Gasteiger partial charge < -0.3 is 10.6 Å². The number of oxime groups is 1. The molecule has 0 radical (unpaired) electrons. The quantitative estimate of drug-likeness (QED) is 0.396. The van der Waals surface area contributed by atoms with Gasteiger partial charge in [0.05, 0.1) is 5.92 Å². The standard InChI is InChI=1S/C16H17N3O2/c1-2-14(12-7-4-3-5-8-12)16(20)21-19-15(17)13-9-6-10-18-11-13/h3-11,14H,2H2,1H3,(H2,17,19). The van der Waals surface area contributed by atoms with E-state index < -0.39 is 5.97 Å². The van der Waals surface area contributed by atoms with Crippen LogP contribution in [0.2, 0.25) is 0 Å². The molecular weight excluding hydrogens is 266 g/mol. The molecule has 0 aliphatic rings. The molecule has 2 aromatic rings. The predicted octanol–water partition coefficient (Wildman–Crippen LogP) is 2.44. The minimum Gasteiger partial charge on any atom is -0.380 e. The lowest BCUT2D eigenvalue weighted by molar-refractivity contribution is -0.145. The summed E-state index contributed by atoms with van der Waals surface area (Å²) in [6.07, 6.45) is 3.82. The number of nitrogens with two attached hydrogens (primary N) is 1. The maximum atomic E-state index is 12.1. The third kappa shape index (κ3) is 3.89. The van der Waals surface area contributed by atoms with Crippen molar-refractivity contribution in [3.63, 3.8) is 0 Å². The van der Waals surface area contributed by atoms with Gasteiger partial charge >= 0.3 is 5.97 Å². The Morgan fingerprint density at radius 1 is 1.29 bits per heavy atom. The molecule has 2 rings (SSSR count). The van der Waals surface area contributed by atoms with Crippen LogP contribution in [0, 0.1) is 0 Å². The van der Waals surface area contributed by atoms with Crippen LogP contribution in [0.4, 0.5) is 0 Å². The van der Waals surface area contributed by atoms with Crippen LogP contribution in [0.15, 0.2) is 60.0 Å². The zero-order chi connectivity index (χ0) is 15.1. The van der Waals surface area contributed by atoms with Crippen molar-refractivity contribution in [1.82, 2.24) is 4.98 Å². The van der Waals surface area contributed by atoms with Gasteiger partial charge in [-0.15, -0.1) is 0 Å². The number of rotatable bonds is 5. The Balaban J connectivity index is 2.07. The Morgan fingerprint density at radius 2 is 2.05 bits per heavy atom. The van der Waals surface area contributed by atoms with Crippen LogP contribution in [0.3, 0.4) is 0 Å². The van der Waals surface area contributed by atoms with E-state index in [0.29, 0.717) is 12.0 Å². The third-order valence-electron chi connectivity index (χ3n) is 3.09. The minimum absolute atomic E-state index is 0.124. The molecular formula is C16H17N3O2. The molecule has 108 valence electrons. The highest BCUT2D eigenvalue weighted by Crippen LogP contribution is 2.20. The maximum absolute atomic E-state index is 12.1. The van der Waals surface area contributed by atoms with Crippen molar-refractivity contribution >= 4 is 11.8 Å². The molecule has 21 heavy (non-hydrogen) atoms. The van der Waals surface area contributed by atoms with Crippen LogP contribution in [0.25, 0.3) is 0 Å². The second kappa shape index (κ2) is 7.19. The Kier molecular flexibility index (Phi) is 5.04. The number of pyridine rings is 1. The van der Waals surface area contributed by atoms with Crippen molar-refractivity contribution in [3.05, 3.63) is 66.0 Å². The molecule has 0 fully saturated rings. The molecule has 0 aliphatic carbocycles. The molecule has 1 atom stereocenters. The number of carbonyl (C=O) groups is 1. The molecule has 5 heteroatoms. The Hall–Kier alpha value is -2.69. The van der Waals surface area contributed by atoms with Crippen LogP contribution in [0.5, 0.6) is 0 Å². The first-order valence-corrected chi connectivity index (χ1v) is 6.72. The second-order valence-electron chi connectivity index (χ2n) is 4.50. The molecule has 0 aliphatic heterocycles. The minimum atomic E-state index is -0.421. The van der Waals surface area contributed by atoms with E-state index in [0.717, 1.165) is 5.56 Å². The summed E-state index contributed by atoms with van der Waals surface area (Å²) in [6.45, 7) is 1.92. The number of benzene rings is 1. The number of carbonyl (C=O) groups excluding carboxylic acids is 1. The lowest BCUT2D eigenvalue weighted by Crippen LogP contribution is -2.18. The lowest BCUT2D eigenvalue weighted by atomic mass is 9.97. The van der Waals surface area contributed by atoms with Gasteiger partial charge in [0.1, 0.15) is 0 Å². The first-order chi connectivity index (χ1) is 10.2. The van der Waals surface area contributed by atoms with Crippen molar-refractivity contribution in [2.45, 2.75) is 19.3 Å². The average Bonchev–Trinajstić information content (AvgIpc) is 2.55. The molecule has 0 spiro atoms. The van der Waals surface area contributed by atoms with E-state index in [9.17, 15) is 4.79 Å². The number of hydrogen-bond acceptors (Lipinski definition) is 4. The van der Waals surface area contributed by atoms with Crippen LogP contribution in [0.1, 0.15) is 30.4 Å². The summed E-state index contributed by atoms with van der Waals surface area (Å²) < 4.78 is 0. The SMILES string of the molecule is CCC(C(=O)ON=C(N)c1cccnc1)c1ccccc1. The zero-order valence-corrected chi connectivity index (χ0v) is 11.8. The van der Waals surface area contributed by atoms with E-state index >= 15 is 0 Å². The normalized spacial score (nSPS) is 12.7. The first-order valence-electron chi connectivity index (χ1n) is 6.72. The summed E-state index contributed by atoms with van der Waals surface area (Å²) in [7, 11) is 0. The highest BCUT2D eigenvalue weighted by Gasteiger charge is 2.20. The van der Waals surface area contributed by atoms with Crippen LogP contribution < -0.4 is 5.73 Å². The van der Waals surface area contributed by atoms with E-state index in [-0.39, 0.29) is 11.8 Å². The topological polar surface area (TPSA) is 77.6 Å². The molecule has 1 heterocycles. The zero-order valence-electron chi connectivity index (χ0n) is 11.8. The van der Waals surface area contributed by atoms with Crippen molar-refractivity contribution in [2.24, 2.45) is 10.9 Å². The molecule has 0 bridgehead atoms. The molecule has 1 aromatic heterocycles. The van der Waals surface area contributed by atoms with Crippen LogP contribution >= 0.6 is 0 Å². The van der Waals surface area contributed by atoms with Crippen LogP contribution in [-0.2, 0) is 9.63 Å². The van der Waals surface area contributed by atoms with Crippen molar-refractivity contribution < 1.29 is 9.63 Å². The second-order valence-corrected chi connectivity index (χ2v) is 4.50. The molecule has 0 amide bonds. The highest BCUT2D eigenvalue weighted by atomic mass is 16.7. The summed E-state index contributed by atoms with van der Waals surface area (Å²) in [5.41, 5.74) is 7.27. The summed E-state index contributed by atoms with van der Waals surface area (Å²) in [4.78, 5) is 21.0. The van der Waals surface area contributed by atoms with E-state index in [1.54, 1.807) is 24.5 Å². The Morgan fingerprint density at radius 3 is 2.67 bits per heavy atom. The fourth-order valence-corrected chi connectivity index (χ4v) is 1.95. The molecule has 5 nitrogen and oxygen atoms in total. The fourth-order valence-electron chi connectivity index (χ4n) is 1.95. The predicted molar refractivity (Wildman–Crippen MR) is 80.5 cm³/mol. The summed E-state index contributed by atoms with van der Waals surface area (Å²) in [6, 6.07) is 12.9. The van der Waals surface area contributed by atoms with E-state index in [2.05, 4.69) is 10.1 Å². The number of nitrogens with zero attached hydrogens (tertiary/aromatic N) is 2. The summed E-state index contributed by atoms with van der Waals surface area (Å²) in [5.74, 6) is -0.647. The Bertz CT molecular complexity index is 612. The molecule has 0 saturated carbocycles. The van der Waals surface area contributed by atoms with Gasteiger partial charge in [-0.2, -0.15) is 0 Å². The fraction of sp³-hybridized carbons (Fsp3) is 0.188. The molecule has 0 saturated heterocycles. The van der Waals surface area contributed by atoms with Crippen molar-refractivity contribution in [1.29, 1.82) is 0 Å². The third-order valence-corrected chi connectivity index (χ3v) is 3.09. The smallest absolute Gasteiger partial charge is 0.342 e. The van der Waals surface area contributed by atoms with Crippen molar-refractivity contribution in [2.75, 3.05) is 0 Å². The van der Waals surface area contributed by atoms with Gasteiger partial charge in [0, 0.05) is 18.0 Å². The number of hydrogen-bond donors (Lipinski definition) is 1. The van der Waals surface area contributed by atoms with E-state index in [1.165, 1.54) is 0 Å². The van der Waals surface area contributed by atoms with Crippen LogP contribution in [-0.4, -0.2) is 16.8 Å². The monoisotopic (exact) mass is 283 g/mol. The highest BCUT2D eigenvalue weighted by molar-refractivity contribution is 5.97. The van der Waals surface area contributed by atoms with Gasteiger partial charge in [0.2, 0.25) is 0 Å². The average molecular weight is 283 g/mol. The van der Waals surface area contributed by atoms with E-state index in [1.807, 2.05) is 37.3 Å². The molecule has 1 aromatic carbocycles. The Labute approximate surface area is 123 Å². The van der Waals surface area contributed by atoms with E-state index in [4.69, 9.17) is 10.6 Å². The first kappa shape index (κ1) is 14.7. The number of amidine groups is 1. The number of aromatic nitrogens is 1. The largest absolute Gasteiger partial charge is 0.380 e. The summed E-state index contributed by atoms with van der Waals surface area (Å²) >= 11 is 0. The van der Waals surface area contributed by atoms with Gasteiger partial charge in [0.15, 0.2) is 5.84 Å². The summed E-state index contributed by atoms with van der Waals surface area (Å²) in [5, 5.41) is 3.69. The molecule has 2 N–H and O–H groups in total. The van der Waals surface area contributed by atoms with Gasteiger partial charge in [-0.25, -0.2) is 4.79 Å². The van der Waals surface area contributed by atoms with Gasteiger partial charge in [0.25, 0.3) is 0 Å². The van der Waals surface area contributed by atoms with Gasteiger partial charge in [-0.1, -0.05) is 42.4 Å². The maximum Gasteiger partial charge on any atom is 0.342 e. The van der Waals surface area contributed by atoms with Gasteiger partial charge in [-0.3, -0.25) is 4.98 Å². The molecule has 1 unspecified atom stereocenters.